The summed E-state index contributed by atoms with van der Waals surface area (Å²) in [6, 6.07) is 6.04. The Morgan fingerprint density at radius 3 is 2.69 bits per heavy atom. The highest BCUT2D eigenvalue weighted by atomic mass is 32.2. The summed E-state index contributed by atoms with van der Waals surface area (Å²) in [7, 11) is -3.29. The Labute approximate surface area is 195 Å². The summed E-state index contributed by atoms with van der Waals surface area (Å²) in [6.07, 6.45) is 4.14. The van der Waals surface area contributed by atoms with E-state index in [1.165, 1.54) is 28.8 Å². The van der Waals surface area contributed by atoms with Crippen molar-refractivity contribution in [3.8, 4) is 0 Å². The fourth-order valence-corrected chi connectivity index (χ4v) is 6.82. The number of fused-ring (bicyclic) bond motifs is 3. The van der Waals surface area contributed by atoms with Gasteiger partial charge in [0.2, 0.25) is 5.91 Å². The molecule has 0 bridgehead atoms. The number of carbonyl (C=O) groups is 1. The molecule has 1 N–H and O–H groups in total. The molecule has 2 aromatic heterocycles. The molecule has 1 aliphatic rings. The molecule has 1 amide bonds. The number of rotatable bonds is 6. The number of aryl methyl sites for hydroxylation is 1. The van der Waals surface area contributed by atoms with Gasteiger partial charge in [0.05, 0.1) is 16.0 Å². The van der Waals surface area contributed by atoms with E-state index < -0.39 is 9.84 Å². The average Bonchev–Trinajstić information content (AvgIpc) is 3.09. The molecule has 0 fully saturated rings. The van der Waals surface area contributed by atoms with Gasteiger partial charge in [0.25, 0.3) is 5.56 Å². The third-order valence-corrected chi connectivity index (χ3v) is 8.85. The lowest BCUT2D eigenvalue weighted by molar-refractivity contribution is -0.113. The zero-order valence-electron chi connectivity index (χ0n) is 18.2. The third kappa shape index (κ3) is 4.62. The van der Waals surface area contributed by atoms with Gasteiger partial charge in [-0.1, -0.05) is 18.7 Å². The van der Waals surface area contributed by atoms with Crippen molar-refractivity contribution in [2.75, 3.05) is 17.3 Å². The van der Waals surface area contributed by atoms with Gasteiger partial charge in [0, 0.05) is 23.4 Å². The van der Waals surface area contributed by atoms with Gasteiger partial charge in [-0.25, -0.2) is 13.4 Å². The number of nitrogens with one attached hydrogen (secondary N) is 1. The molecule has 0 spiro atoms. The molecular weight excluding hydrogens is 466 g/mol. The number of hydrogen-bond acceptors (Lipinski definition) is 7. The summed E-state index contributed by atoms with van der Waals surface area (Å²) in [4.78, 5) is 32.6. The first-order valence-electron chi connectivity index (χ1n) is 10.4. The number of hydrogen-bond donors (Lipinski definition) is 1. The van der Waals surface area contributed by atoms with Crippen molar-refractivity contribution in [1.82, 2.24) is 9.55 Å². The fraction of sp³-hybridized carbons (Fsp3) is 0.409. The van der Waals surface area contributed by atoms with Crippen molar-refractivity contribution >= 4 is 54.7 Å². The van der Waals surface area contributed by atoms with E-state index in [4.69, 9.17) is 4.98 Å². The normalized spacial score (nSPS) is 16.2. The van der Waals surface area contributed by atoms with Crippen LogP contribution in [0.15, 0.2) is 39.1 Å². The molecule has 0 aliphatic heterocycles. The summed E-state index contributed by atoms with van der Waals surface area (Å²) < 4.78 is 24.8. The molecule has 0 radical (unpaired) electrons. The molecule has 170 valence electrons. The van der Waals surface area contributed by atoms with E-state index >= 15 is 0 Å². The smallest absolute Gasteiger partial charge is 0.263 e. The second-order valence-electron chi connectivity index (χ2n) is 8.11. The molecule has 3 aromatic rings. The summed E-state index contributed by atoms with van der Waals surface area (Å²) in [5.41, 5.74) is 1.65. The predicted molar refractivity (Wildman–Crippen MR) is 130 cm³/mol. The monoisotopic (exact) mass is 491 g/mol. The van der Waals surface area contributed by atoms with Crippen LogP contribution in [0, 0.1) is 5.92 Å². The molecule has 1 atom stereocenters. The second kappa shape index (κ2) is 8.99. The zero-order valence-corrected chi connectivity index (χ0v) is 20.6. The minimum Gasteiger partial charge on any atom is -0.325 e. The van der Waals surface area contributed by atoms with Crippen molar-refractivity contribution < 1.29 is 13.2 Å². The topological polar surface area (TPSA) is 98.1 Å². The summed E-state index contributed by atoms with van der Waals surface area (Å²) in [5.74, 6) is 0.458. The van der Waals surface area contributed by atoms with Crippen LogP contribution in [0.25, 0.3) is 10.2 Å². The molecule has 1 unspecified atom stereocenters. The predicted octanol–water partition coefficient (Wildman–Crippen LogP) is 3.74. The highest BCUT2D eigenvalue weighted by molar-refractivity contribution is 7.99. The highest BCUT2D eigenvalue weighted by Gasteiger charge is 2.24. The molecule has 4 rings (SSSR count). The zero-order chi connectivity index (χ0) is 23.0. The van der Waals surface area contributed by atoms with Crippen LogP contribution in [0.2, 0.25) is 0 Å². The minimum atomic E-state index is -3.29. The Morgan fingerprint density at radius 1 is 1.31 bits per heavy atom. The van der Waals surface area contributed by atoms with Gasteiger partial charge in [-0.3, -0.25) is 14.2 Å². The second-order valence-corrected chi connectivity index (χ2v) is 12.2. The molecular formula is C22H25N3O4S3. The molecule has 0 saturated heterocycles. The number of thioether (sulfide) groups is 1. The van der Waals surface area contributed by atoms with Crippen LogP contribution >= 0.6 is 23.1 Å². The van der Waals surface area contributed by atoms with E-state index in [1.807, 2.05) is 6.92 Å². The number of sulfone groups is 1. The molecule has 7 nitrogen and oxygen atoms in total. The first-order chi connectivity index (χ1) is 15.2. The van der Waals surface area contributed by atoms with Crippen molar-refractivity contribution in [2.45, 2.75) is 49.7 Å². The van der Waals surface area contributed by atoms with Crippen molar-refractivity contribution in [3.05, 3.63) is 45.1 Å². The van der Waals surface area contributed by atoms with Gasteiger partial charge in [-0.15, -0.1) is 11.3 Å². The summed E-state index contributed by atoms with van der Waals surface area (Å²) in [5, 5.41) is 4.05. The Kier molecular flexibility index (Phi) is 6.46. The number of anilines is 1. The maximum absolute atomic E-state index is 13.2. The van der Waals surface area contributed by atoms with E-state index in [0.717, 1.165) is 41.3 Å². The standard InChI is InChI=1S/C22H25N3O4S3/c1-4-25-21(27)19-16-10-5-13(2)11-17(16)31-20(19)24-22(25)30-12-18(26)23-14-6-8-15(9-7-14)32(3,28)29/h6-9,13H,4-5,10-12H2,1-3H3,(H,23,26). The van der Waals surface area contributed by atoms with Crippen LogP contribution in [0.3, 0.4) is 0 Å². The molecule has 2 heterocycles. The Hall–Kier alpha value is -2.17. The largest absolute Gasteiger partial charge is 0.325 e. The van der Waals surface area contributed by atoms with Crippen LogP contribution in [-0.2, 0) is 34.0 Å². The Balaban J connectivity index is 1.52. The lowest BCUT2D eigenvalue weighted by Crippen LogP contribution is -2.24. The lowest BCUT2D eigenvalue weighted by Gasteiger charge is -2.17. The van der Waals surface area contributed by atoms with Crippen molar-refractivity contribution in [2.24, 2.45) is 5.92 Å². The Bertz CT molecular complexity index is 1340. The van der Waals surface area contributed by atoms with Crippen LogP contribution in [-0.4, -0.2) is 35.9 Å². The van der Waals surface area contributed by atoms with Crippen LogP contribution in [0.4, 0.5) is 5.69 Å². The van der Waals surface area contributed by atoms with Crippen LogP contribution < -0.4 is 10.9 Å². The van der Waals surface area contributed by atoms with Gasteiger partial charge in [0.1, 0.15) is 4.83 Å². The third-order valence-electron chi connectivity index (χ3n) is 5.60. The van der Waals surface area contributed by atoms with E-state index in [2.05, 4.69) is 12.2 Å². The Morgan fingerprint density at radius 2 is 2.03 bits per heavy atom. The average molecular weight is 492 g/mol. The first kappa shape index (κ1) is 23.0. The SMILES string of the molecule is CCn1c(SCC(=O)Nc2ccc(S(C)(=O)=O)cc2)nc2sc3c(c2c1=O)CCC(C)C3. The molecule has 0 saturated carbocycles. The van der Waals surface area contributed by atoms with Gasteiger partial charge in [-0.2, -0.15) is 0 Å². The minimum absolute atomic E-state index is 0.0242. The molecule has 10 heteroatoms. The quantitative estimate of drug-likeness (QED) is 0.417. The van der Waals surface area contributed by atoms with Gasteiger partial charge < -0.3 is 5.32 Å². The lowest BCUT2D eigenvalue weighted by atomic mass is 9.89. The van der Waals surface area contributed by atoms with Gasteiger partial charge >= 0.3 is 0 Å². The highest BCUT2D eigenvalue weighted by Crippen LogP contribution is 2.36. The van der Waals surface area contributed by atoms with E-state index in [1.54, 1.807) is 28.0 Å². The number of thiophene rings is 1. The van der Waals surface area contributed by atoms with Gasteiger partial charge in [-0.05, 0) is 61.9 Å². The summed E-state index contributed by atoms with van der Waals surface area (Å²) >= 11 is 2.84. The van der Waals surface area contributed by atoms with Crippen molar-refractivity contribution in [1.29, 1.82) is 0 Å². The number of nitrogens with zero attached hydrogens (tertiary/aromatic N) is 2. The maximum atomic E-state index is 13.2. The number of aromatic nitrogens is 2. The number of amides is 1. The van der Waals surface area contributed by atoms with Crippen LogP contribution in [0.5, 0.6) is 0 Å². The maximum Gasteiger partial charge on any atom is 0.263 e. The fourth-order valence-electron chi connectivity index (χ4n) is 3.91. The van der Waals surface area contributed by atoms with E-state index in [0.29, 0.717) is 23.3 Å². The number of benzene rings is 1. The van der Waals surface area contributed by atoms with Gasteiger partial charge in [0.15, 0.2) is 15.0 Å². The van der Waals surface area contributed by atoms with E-state index in [-0.39, 0.29) is 22.1 Å². The van der Waals surface area contributed by atoms with Crippen molar-refractivity contribution in [3.63, 3.8) is 0 Å². The molecule has 1 aliphatic carbocycles. The molecule has 1 aromatic carbocycles. The van der Waals surface area contributed by atoms with E-state index in [9.17, 15) is 18.0 Å². The van der Waals surface area contributed by atoms with Crippen LogP contribution in [0.1, 0.15) is 30.7 Å². The first-order valence-corrected chi connectivity index (χ1v) is 14.1. The number of carbonyl (C=O) groups excluding carboxylic acids is 1. The summed E-state index contributed by atoms with van der Waals surface area (Å²) in [6.45, 7) is 4.63. The molecule has 32 heavy (non-hydrogen) atoms.